The molecular formula is C13H17NO4. The third-order valence-electron chi connectivity index (χ3n) is 3.49. The van der Waals surface area contributed by atoms with Crippen LogP contribution < -0.4 is 4.74 Å². The van der Waals surface area contributed by atoms with Crippen LogP contribution in [0, 0.1) is 5.92 Å². The van der Waals surface area contributed by atoms with Crippen molar-refractivity contribution >= 4 is 5.97 Å². The Kier molecular flexibility index (Phi) is 3.43. The van der Waals surface area contributed by atoms with E-state index in [4.69, 9.17) is 9.84 Å². The predicted octanol–water partition coefficient (Wildman–Crippen LogP) is 1.48. The summed E-state index contributed by atoms with van der Waals surface area (Å²) in [5, 5.41) is 18.7. The number of aliphatic carboxylic acids is 1. The van der Waals surface area contributed by atoms with Crippen LogP contribution in [0.4, 0.5) is 0 Å². The molecule has 1 unspecified atom stereocenters. The first-order chi connectivity index (χ1) is 8.52. The summed E-state index contributed by atoms with van der Waals surface area (Å²) < 4.78 is 5.13. The van der Waals surface area contributed by atoms with Crippen LogP contribution in [0.2, 0.25) is 0 Å². The van der Waals surface area contributed by atoms with Gasteiger partial charge in [0.15, 0.2) is 0 Å². The zero-order valence-electron chi connectivity index (χ0n) is 10.5. The molecule has 5 heteroatoms. The Bertz CT molecular complexity index is 454. The van der Waals surface area contributed by atoms with E-state index in [0.717, 1.165) is 5.56 Å². The summed E-state index contributed by atoms with van der Waals surface area (Å²) in [6.45, 7) is 2.99. The second-order valence-corrected chi connectivity index (χ2v) is 4.59. The topological polar surface area (TPSA) is 70.0 Å². The van der Waals surface area contributed by atoms with Gasteiger partial charge in [0, 0.05) is 24.7 Å². The van der Waals surface area contributed by atoms with Crippen molar-refractivity contribution in [3.63, 3.8) is 0 Å². The van der Waals surface area contributed by atoms with Crippen LogP contribution in [0.15, 0.2) is 18.2 Å². The minimum atomic E-state index is -0.756. The predicted molar refractivity (Wildman–Crippen MR) is 65.8 cm³/mol. The van der Waals surface area contributed by atoms with Crippen molar-refractivity contribution in [3.05, 3.63) is 23.8 Å². The van der Waals surface area contributed by atoms with Crippen molar-refractivity contribution in [1.29, 1.82) is 0 Å². The summed E-state index contributed by atoms with van der Waals surface area (Å²) in [7, 11) is 1.57. The lowest BCUT2D eigenvalue weighted by molar-refractivity contribution is -0.148. The van der Waals surface area contributed by atoms with Gasteiger partial charge in [0.2, 0.25) is 0 Å². The summed E-state index contributed by atoms with van der Waals surface area (Å²) >= 11 is 0. The Hall–Kier alpha value is -1.75. The number of nitrogens with zero attached hydrogens (tertiary/aromatic N) is 1. The zero-order chi connectivity index (χ0) is 13.3. The number of hydrogen-bond donors (Lipinski definition) is 2. The monoisotopic (exact) mass is 251 g/mol. The normalized spacial score (nSPS) is 18.1. The van der Waals surface area contributed by atoms with Crippen LogP contribution >= 0.6 is 0 Å². The number of likely N-dealkylation sites (tertiary alicyclic amines) is 1. The first kappa shape index (κ1) is 12.7. The molecule has 0 spiro atoms. The maximum atomic E-state index is 10.8. The van der Waals surface area contributed by atoms with E-state index in [0.29, 0.717) is 18.8 Å². The Morgan fingerprint density at radius 2 is 2.17 bits per heavy atom. The molecule has 1 saturated heterocycles. The van der Waals surface area contributed by atoms with Gasteiger partial charge in [0.05, 0.1) is 13.0 Å². The molecule has 0 saturated carbocycles. The van der Waals surface area contributed by atoms with Crippen LogP contribution in [-0.2, 0) is 4.79 Å². The van der Waals surface area contributed by atoms with Gasteiger partial charge in [-0.1, -0.05) is 0 Å². The molecule has 2 N–H and O–H groups in total. The van der Waals surface area contributed by atoms with Gasteiger partial charge in [-0.2, -0.15) is 0 Å². The average molecular weight is 251 g/mol. The minimum Gasteiger partial charge on any atom is -0.508 e. The van der Waals surface area contributed by atoms with Gasteiger partial charge in [-0.05, 0) is 25.1 Å². The molecule has 1 aliphatic rings. The highest BCUT2D eigenvalue weighted by atomic mass is 16.5. The average Bonchev–Trinajstić information content (AvgIpc) is 2.27. The van der Waals surface area contributed by atoms with Crippen molar-refractivity contribution in [2.45, 2.75) is 13.0 Å². The second-order valence-electron chi connectivity index (χ2n) is 4.59. The number of carboxylic acid groups (broad SMARTS) is 1. The minimum absolute atomic E-state index is 0.0179. The quantitative estimate of drug-likeness (QED) is 0.848. The molecule has 1 fully saturated rings. The molecule has 1 aromatic carbocycles. The van der Waals surface area contributed by atoms with E-state index in [1.54, 1.807) is 25.3 Å². The number of phenols is 1. The highest BCUT2D eigenvalue weighted by Crippen LogP contribution is 2.35. The summed E-state index contributed by atoms with van der Waals surface area (Å²) in [6, 6.07) is 5.06. The molecule has 1 heterocycles. The fraction of sp³-hybridized carbons (Fsp3) is 0.462. The van der Waals surface area contributed by atoms with Gasteiger partial charge < -0.3 is 14.9 Å². The van der Waals surface area contributed by atoms with Crippen molar-refractivity contribution in [3.8, 4) is 11.5 Å². The maximum Gasteiger partial charge on any atom is 0.309 e. The van der Waals surface area contributed by atoms with E-state index in [2.05, 4.69) is 0 Å². The lowest BCUT2D eigenvalue weighted by atomic mass is 9.95. The number of phenolic OH excluding ortho intramolecular Hbond substituents is 1. The van der Waals surface area contributed by atoms with E-state index in [1.165, 1.54) is 0 Å². The van der Waals surface area contributed by atoms with Crippen LogP contribution in [0.3, 0.4) is 0 Å². The number of carboxylic acids is 1. The number of methoxy groups -OCH3 is 1. The van der Waals surface area contributed by atoms with E-state index in [9.17, 15) is 9.90 Å². The van der Waals surface area contributed by atoms with Gasteiger partial charge in [-0.25, -0.2) is 0 Å². The second kappa shape index (κ2) is 4.86. The Morgan fingerprint density at radius 1 is 1.50 bits per heavy atom. The lowest BCUT2D eigenvalue weighted by Crippen LogP contribution is -2.51. The zero-order valence-corrected chi connectivity index (χ0v) is 10.5. The highest BCUT2D eigenvalue weighted by Gasteiger charge is 2.36. The molecule has 0 aromatic heterocycles. The van der Waals surface area contributed by atoms with Crippen molar-refractivity contribution in [2.75, 3.05) is 20.2 Å². The molecule has 0 bridgehead atoms. The van der Waals surface area contributed by atoms with E-state index in [1.807, 2.05) is 11.8 Å². The molecule has 0 amide bonds. The third kappa shape index (κ3) is 2.26. The molecule has 18 heavy (non-hydrogen) atoms. The first-order valence-electron chi connectivity index (χ1n) is 5.86. The molecule has 1 aliphatic heterocycles. The fourth-order valence-corrected chi connectivity index (χ4v) is 2.18. The Labute approximate surface area is 106 Å². The van der Waals surface area contributed by atoms with Gasteiger partial charge >= 0.3 is 5.97 Å². The van der Waals surface area contributed by atoms with Gasteiger partial charge in [0.25, 0.3) is 0 Å². The fourth-order valence-electron chi connectivity index (χ4n) is 2.18. The van der Waals surface area contributed by atoms with Crippen molar-refractivity contribution in [1.82, 2.24) is 4.90 Å². The number of aromatic hydroxyl groups is 1. The molecule has 2 rings (SSSR count). The van der Waals surface area contributed by atoms with Gasteiger partial charge in [0.1, 0.15) is 11.5 Å². The molecule has 1 aromatic rings. The van der Waals surface area contributed by atoms with Crippen molar-refractivity contribution in [2.24, 2.45) is 5.92 Å². The molecule has 98 valence electrons. The van der Waals surface area contributed by atoms with Gasteiger partial charge in [-0.3, -0.25) is 9.69 Å². The summed E-state index contributed by atoms with van der Waals surface area (Å²) in [6.07, 6.45) is 0. The summed E-state index contributed by atoms with van der Waals surface area (Å²) in [5.41, 5.74) is 0.762. The first-order valence-corrected chi connectivity index (χ1v) is 5.86. The summed E-state index contributed by atoms with van der Waals surface area (Å²) in [5.74, 6) is -0.152. The van der Waals surface area contributed by atoms with Crippen LogP contribution in [0.25, 0.3) is 0 Å². The van der Waals surface area contributed by atoms with E-state index >= 15 is 0 Å². The van der Waals surface area contributed by atoms with E-state index in [-0.39, 0.29) is 17.7 Å². The number of hydrogen-bond acceptors (Lipinski definition) is 4. The number of rotatable bonds is 4. The molecule has 0 radical (unpaired) electrons. The molecule has 0 aliphatic carbocycles. The third-order valence-corrected chi connectivity index (χ3v) is 3.49. The van der Waals surface area contributed by atoms with Crippen LogP contribution in [0.5, 0.6) is 11.5 Å². The molecular weight excluding hydrogens is 234 g/mol. The van der Waals surface area contributed by atoms with Crippen molar-refractivity contribution < 1.29 is 19.7 Å². The number of carbonyl (C=O) groups is 1. The standard InChI is InChI=1S/C13H17NO4/c1-8(14-6-9(7-14)13(16)17)11-5-10(18-2)3-4-12(11)15/h3-5,8-9,15H,6-7H2,1-2H3,(H,16,17). The SMILES string of the molecule is COc1ccc(O)c(C(C)N2CC(C(=O)O)C2)c1. The van der Waals surface area contributed by atoms with Crippen LogP contribution in [0.1, 0.15) is 18.5 Å². The maximum absolute atomic E-state index is 10.8. The Balaban J connectivity index is 2.10. The number of benzene rings is 1. The molecule has 5 nitrogen and oxygen atoms in total. The highest BCUT2D eigenvalue weighted by molar-refractivity contribution is 5.71. The number of ether oxygens (including phenoxy) is 1. The van der Waals surface area contributed by atoms with Gasteiger partial charge in [-0.15, -0.1) is 0 Å². The lowest BCUT2D eigenvalue weighted by Gasteiger charge is -2.41. The largest absolute Gasteiger partial charge is 0.508 e. The van der Waals surface area contributed by atoms with Crippen LogP contribution in [-0.4, -0.2) is 41.3 Å². The Morgan fingerprint density at radius 3 is 2.72 bits per heavy atom. The smallest absolute Gasteiger partial charge is 0.309 e. The van der Waals surface area contributed by atoms with E-state index < -0.39 is 5.97 Å². The summed E-state index contributed by atoms with van der Waals surface area (Å²) in [4.78, 5) is 12.8. The molecule has 1 atom stereocenters.